The van der Waals surface area contributed by atoms with E-state index in [0.29, 0.717) is 44.1 Å². The number of nitrogens with one attached hydrogen (secondary N) is 2. The molecular formula is C20H21F2N3O4S. The minimum absolute atomic E-state index is 0.0573. The molecule has 2 aliphatic rings. The number of sulfonamides is 1. The van der Waals surface area contributed by atoms with Gasteiger partial charge in [0.1, 0.15) is 22.2 Å². The summed E-state index contributed by atoms with van der Waals surface area (Å²) in [6.45, 7) is 1.77. The Morgan fingerprint density at radius 2 is 1.83 bits per heavy atom. The maximum atomic E-state index is 14.1. The number of carbonyl (C=O) groups excluding carboxylic acids is 1. The number of rotatable bonds is 3. The van der Waals surface area contributed by atoms with Crippen LogP contribution in [0.3, 0.4) is 0 Å². The summed E-state index contributed by atoms with van der Waals surface area (Å²) in [5.41, 5.74) is 0.429. The summed E-state index contributed by atoms with van der Waals surface area (Å²) in [5.74, 6) is -2.35. The van der Waals surface area contributed by atoms with Gasteiger partial charge in [0.25, 0.3) is 0 Å². The van der Waals surface area contributed by atoms with E-state index < -0.39 is 38.2 Å². The average molecular weight is 437 g/mol. The van der Waals surface area contributed by atoms with Crippen LogP contribution in [0.4, 0.5) is 14.5 Å². The summed E-state index contributed by atoms with van der Waals surface area (Å²) in [5, 5.41) is 3.01. The molecule has 2 N–H and O–H groups in total. The molecule has 0 saturated carbocycles. The molecule has 2 aromatic rings. The van der Waals surface area contributed by atoms with Crippen molar-refractivity contribution in [3.8, 4) is 0 Å². The van der Waals surface area contributed by atoms with E-state index in [1.165, 1.54) is 7.11 Å². The number of anilines is 1. The lowest BCUT2D eigenvalue weighted by Crippen LogP contribution is -2.62. The molecule has 10 heteroatoms. The second-order valence-corrected chi connectivity index (χ2v) is 9.16. The molecule has 1 fully saturated rings. The van der Waals surface area contributed by atoms with Gasteiger partial charge in [-0.2, -0.15) is 4.72 Å². The number of methoxy groups -OCH3 is 1. The third-order valence-corrected chi connectivity index (χ3v) is 7.08. The fourth-order valence-corrected chi connectivity index (χ4v) is 5.55. The standard InChI is InChI=1S/C20H21F2N3O4S/c1-29-19(26)14-4-2-13(3-5-14)12-25-8-6-20(7-9-25)23-17-11-15(21)10-16(22)18(17)30(27,28)24-20/h2-5,10-11,23-24H,6-9,12H2,1H3. The second-order valence-electron chi connectivity index (χ2n) is 7.54. The van der Waals surface area contributed by atoms with Crippen molar-refractivity contribution in [2.75, 3.05) is 25.5 Å². The molecule has 4 rings (SSSR count). The van der Waals surface area contributed by atoms with Gasteiger partial charge in [-0.3, -0.25) is 4.90 Å². The van der Waals surface area contributed by atoms with Gasteiger partial charge < -0.3 is 10.1 Å². The molecule has 2 aliphatic heterocycles. The van der Waals surface area contributed by atoms with E-state index in [9.17, 15) is 22.0 Å². The molecule has 30 heavy (non-hydrogen) atoms. The minimum atomic E-state index is -4.11. The summed E-state index contributed by atoms with van der Waals surface area (Å²) in [6, 6.07) is 8.66. The van der Waals surface area contributed by atoms with Crippen LogP contribution in [0.2, 0.25) is 0 Å². The number of hydrogen-bond donors (Lipinski definition) is 2. The number of hydrogen-bond acceptors (Lipinski definition) is 6. The van der Waals surface area contributed by atoms with E-state index in [1.807, 2.05) is 12.1 Å². The van der Waals surface area contributed by atoms with Gasteiger partial charge in [-0.15, -0.1) is 0 Å². The summed E-state index contributed by atoms with van der Waals surface area (Å²) in [4.78, 5) is 13.1. The van der Waals surface area contributed by atoms with Crippen molar-refractivity contribution in [3.05, 3.63) is 59.2 Å². The summed E-state index contributed by atoms with van der Waals surface area (Å²) in [7, 11) is -2.78. The van der Waals surface area contributed by atoms with Crippen LogP contribution in [0.1, 0.15) is 28.8 Å². The second kappa shape index (κ2) is 7.60. The number of piperidine rings is 1. The Bertz CT molecular complexity index is 1080. The average Bonchev–Trinajstić information content (AvgIpc) is 2.68. The largest absolute Gasteiger partial charge is 0.465 e. The predicted molar refractivity (Wildman–Crippen MR) is 105 cm³/mol. The van der Waals surface area contributed by atoms with E-state index in [1.54, 1.807) is 12.1 Å². The fraction of sp³-hybridized carbons (Fsp3) is 0.350. The Morgan fingerprint density at radius 3 is 2.47 bits per heavy atom. The van der Waals surface area contributed by atoms with Crippen molar-refractivity contribution < 1.29 is 26.7 Å². The topological polar surface area (TPSA) is 87.7 Å². The summed E-state index contributed by atoms with van der Waals surface area (Å²) >= 11 is 0. The van der Waals surface area contributed by atoms with Gasteiger partial charge in [-0.1, -0.05) is 12.1 Å². The van der Waals surface area contributed by atoms with E-state index in [-0.39, 0.29) is 5.69 Å². The lowest BCUT2D eigenvalue weighted by atomic mass is 9.96. The minimum Gasteiger partial charge on any atom is -0.465 e. The van der Waals surface area contributed by atoms with Crippen molar-refractivity contribution in [2.24, 2.45) is 0 Å². The number of esters is 1. The maximum absolute atomic E-state index is 14.1. The molecule has 0 unspecified atom stereocenters. The first-order valence-electron chi connectivity index (χ1n) is 9.42. The first kappa shape index (κ1) is 20.7. The first-order valence-corrected chi connectivity index (χ1v) is 10.9. The molecule has 1 spiro atoms. The Morgan fingerprint density at radius 1 is 1.17 bits per heavy atom. The number of fused-ring (bicyclic) bond motifs is 1. The monoisotopic (exact) mass is 437 g/mol. The molecule has 0 radical (unpaired) electrons. The van der Waals surface area contributed by atoms with E-state index in [2.05, 4.69) is 19.7 Å². The van der Waals surface area contributed by atoms with Crippen LogP contribution >= 0.6 is 0 Å². The third kappa shape index (κ3) is 3.90. The highest BCUT2D eigenvalue weighted by atomic mass is 32.2. The maximum Gasteiger partial charge on any atom is 0.337 e. The SMILES string of the molecule is COC(=O)c1ccc(CN2CCC3(CC2)Nc2cc(F)cc(F)c2S(=O)(=O)N3)cc1. The Labute approximate surface area is 173 Å². The number of benzene rings is 2. The molecule has 0 aromatic heterocycles. The van der Waals surface area contributed by atoms with Crippen LogP contribution in [-0.2, 0) is 21.3 Å². The summed E-state index contributed by atoms with van der Waals surface area (Å²) < 4.78 is 60.1. The van der Waals surface area contributed by atoms with Crippen molar-refractivity contribution >= 4 is 21.7 Å². The lowest BCUT2D eigenvalue weighted by Gasteiger charge is -2.45. The van der Waals surface area contributed by atoms with Gasteiger partial charge in [-0.05, 0) is 36.6 Å². The van der Waals surface area contributed by atoms with Crippen molar-refractivity contribution in [1.29, 1.82) is 0 Å². The Kier molecular flexibility index (Phi) is 5.25. The van der Waals surface area contributed by atoms with Gasteiger partial charge in [0, 0.05) is 25.7 Å². The number of nitrogens with zero attached hydrogens (tertiary/aromatic N) is 1. The van der Waals surface area contributed by atoms with E-state index in [0.717, 1.165) is 11.6 Å². The highest BCUT2D eigenvalue weighted by molar-refractivity contribution is 7.89. The van der Waals surface area contributed by atoms with Crippen molar-refractivity contribution in [2.45, 2.75) is 29.9 Å². The summed E-state index contributed by atoms with van der Waals surface area (Å²) in [6.07, 6.45) is 0.841. The normalized spacial score (nSPS) is 19.7. The molecule has 0 bridgehead atoms. The predicted octanol–water partition coefficient (Wildman–Crippen LogP) is 2.45. The van der Waals surface area contributed by atoms with Crippen LogP contribution in [0.15, 0.2) is 41.3 Å². The van der Waals surface area contributed by atoms with Crippen LogP contribution in [0, 0.1) is 11.6 Å². The molecule has 1 saturated heterocycles. The van der Waals surface area contributed by atoms with Gasteiger partial charge in [0.2, 0.25) is 10.0 Å². The van der Waals surface area contributed by atoms with Crippen molar-refractivity contribution in [3.63, 3.8) is 0 Å². The van der Waals surface area contributed by atoms with Gasteiger partial charge in [0.15, 0.2) is 0 Å². The molecule has 0 aliphatic carbocycles. The molecule has 7 nitrogen and oxygen atoms in total. The molecule has 2 aromatic carbocycles. The number of likely N-dealkylation sites (tertiary alicyclic amines) is 1. The first-order chi connectivity index (χ1) is 14.2. The molecule has 0 atom stereocenters. The lowest BCUT2D eigenvalue weighted by molar-refractivity contribution is 0.0600. The van der Waals surface area contributed by atoms with Crippen LogP contribution < -0.4 is 10.0 Å². The zero-order valence-electron chi connectivity index (χ0n) is 16.2. The highest BCUT2D eigenvalue weighted by Crippen LogP contribution is 2.37. The van der Waals surface area contributed by atoms with Crippen LogP contribution in [-0.4, -0.2) is 45.1 Å². The van der Waals surface area contributed by atoms with Crippen LogP contribution in [0.25, 0.3) is 0 Å². The molecule has 160 valence electrons. The zero-order valence-corrected chi connectivity index (χ0v) is 17.1. The van der Waals surface area contributed by atoms with E-state index in [4.69, 9.17) is 0 Å². The fourth-order valence-electron chi connectivity index (χ4n) is 3.96. The quantitative estimate of drug-likeness (QED) is 0.718. The third-order valence-electron chi connectivity index (χ3n) is 5.47. The number of halogens is 2. The Hall–Kier alpha value is -2.56. The van der Waals surface area contributed by atoms with Gasteiger partial charge >= 0.3 is 5.97 Å². The molecule has 0 amide bonds. The van der Waals surface area contributed by atoms with Gasteiger partial charge in [-0.25, -0.2) is 22.0 Å². The Balaban J connectivity index is 1.46. The molecule has 2 heterocycles. The number of carbonyl (C=O) groups is 1. The number of ether oxygens (including phenoxy) is 1. The van der Waals surface area contributed by atoms with E-state index >= 15 is 0 Å². The van der Waals surface area contributed by atoms with Crippen molar-refractivity contribution in [1.82, 2.24) is 9.62 Å². The smallest absolute Gasteiger partial charge is 0.337 e. The van der Waals surface area contributed by atoms with Crippen LogP contribution in [0.5, 0.6) is 0 Å². The molecular weight excluding hydrogens is 416 g/mol. The zero-order chi connectivity index (χ0) is 21.5. The highest BCUT2D eigenvalue weighted by Gasteiger charge is 2.44. The van der Waals surface area contributed by atoms with Gasteiger partial charge in [0.05, 0.1) is 18.4 Å².